The van der Waals surface area contributed by atoms with Crippen LogP contribution in [0.25, 0.3) is 95.1 Å². The molecule has 0 fully saturated rings. The van der Waals surface area contributed by atoms with Crippen LogP contribution in [0.15, 0.2) is 164 Å². The molecule has 0 radical (unpaired) electrons. The van der Waals surface area contributed by atoms with Gasteiger partial charge in [-0.3, -0.25) is 0 Å². The Morgan fingerprint density at radius 1 is 0.451 bits per heavy atom. The summed E-state index contributed by atoms with van der Waals surface area (Å²) in [5.74, 6) is 1.89. The standard InChI is InChI=1S/C47H32N4/c1-3-38-42(41-28-27-32-15-10-12-20-40(32)44(41)48-43(38)39-19-11-7-13-30(39)2)33-22-24-35(25-23-33)46-49-45(34-16-5-4-6-17-34)50-47(51-46)37-26-21-31-14-8-9-18-36(31)29-37/h3-29H,1H2,2H3. The Bertz CT molecular complexity index is 2770. The lowest BCUT2D eigenvalue weighted by Gasteiger charge is -2.18. The summed E-state index contributed by atoms with van der Waals surface area (Å²) in [6, 6.07) is 54.6. The van der Waals surface area contributed by atoms with Crippen LogP contribution in [0.4, 0.5) is 0 Å². The fourth-order valence-electron chi connectivity index (χ4n) is 7.03. The van der Waals surface area contributed by atoms with Gasteiger partial charge in [0.2, 0.25) is 0 Å². The van der Waals surface area contributed by atoms with Gasteiger partial charge in [0.15, 0.2) is 17.5 Å². The van der Waals surface area contributed by atoms with Crippen molar-refractivity contribution in [3.63, 3.8) is 0 Å². The van der Waals surface area contributed by atoms with E-state index < -0.39 is 0 Å². The monoisotopic (exact) mass is 652 g/mol. The highest BCUT2D eigenvalue weighted by atomic mass is 15.0. The first-order valence-corrected chi connectivity index (χ1v) is 17.1. The first-order chi connectivity index (χ1) is 25.1. The van der Waals surface area contributed by atoms with Gasteiger partial charge in [-0.05, 0) is 40.3 Å². The van der Waals surface area contributed by atoms with Gasteiger partial charge in [0, 0.05) is 44.2 Å². The largest absolute Gasteiger partial charge is 0.246 e. The number of fused-ring (bicyclic) bond motifs is 4. The van der Waals surface area contributed by atoms with Crippen molar-refractivity contribution in [3.8, 4) is 56.5 Å². The minimum absolute atomic E-state index is 0.619. The summed E-state index contributed by atoms with van der Waals surface area (Å²) in [6.45, 7) is 6.43. The maximum atomic E-state index is 5.35. The molecule has 7 aromatic carbocycles. The lowest BCUT2D eigenvalue weighted by atomic mass is 9.89. The Hall–Kier alpha value is -6.78. The lowest BCUT2D eigenvalue weighted by molar-refractivity contribution is 1.07. The molecule has 0 spiro atoms. The molecule has 0 aliphatic carbocycles. The van der Waals surface area contributed by atoms with Gasteiger partial charge in [-0.2, -0.15) is 0 Å². The molecule has 2 heterocycles. The summed E-state index contributed by atoms with van der Waals surface area (Å²) in [7, 11) is 0. The molecule has 4 nitrogen and oxygen atoms in total. The van der Waals surface area contributed by atoms with Gasteiger partial charge in [-0.1, -0.05) is 164 Å². The van der Waals surface area contributed by atoms with Crippen LogP contribution in [-0.4, -0.2) is 19.9 Å². The maximum absolute atomic E-state index is 5.35. The molecule has 0 aliphatic heterocycles. The van der Waals surface area contributed by atoms with E-state index in [0.29, 0.717) is 17.5 Å². The third-order valence-electron chi connectivity index (χ3n) is 9.63. The number of aromatic nitrogens is 4. The normalized spacial score (nSPS) is 11.3. The molecule has 0 N–H and O–H groups in total. The molecule has 0 amide bonds. The molecule has 9 aromatic rings. The molecule has 0 saturated carbocycles. The lowest BCUT2D eigenvalue weighted by Crippen LogP contribution is -2.00. The molecular formula is C47H32N4. The van der Waals surface area contributed by atoms with Crippen molar-refractivity contribution in [2.45, 2.75) is 6.92 Å². The number of hydrogen-bond donors (Lipinski definition) is 0. The Morgan fingerprint density at radius 3 is 1.76 bits per heavy atom. The van der Waals surface area contributed by atoms with Crippen LogP contribution in [0.1, 0.15) is 11.1 Å². The average molecular weight is 653 g/mol. The van der Waals surface area contributed by atoms with E-state index in [0.717, 1.165) is 71.7 Å². The predicted molar refractivity (Wildman–Crippen MR) is 212 cm³/mol. The maximum Gasteiger partial charge on any atom is 0.164 e. The van der Waals surface area contributed by atoms with E-state index in [9.17, 15) is 0 Å². The highest BCUT2D eigenvalue weighted by molar-refractivity contribution is 6.13. The minimum Gasteiger partial charge on any atom is -0.246 e. The fourth-order valence-corrected chi connectivity index (χ4v) is 7.03. The zero-order valence-corrected chi connectivity index (χ0v) is 28.1. The Morgan fingerprint density at radius 2 is 1.02 bits per heavy atom. The van der Waals surface area contributed by atoms with E-state index in [1.807, 2.05) is 36.4 Å². The Labute approximate surface area is 296 Å². The van der Waals surface area contributed by atoms with Crippen molar-refractivity contribution in [1.29, 1.82) is 0 Å². The summed E-state index contributed by atoms with van der Waals surface area (Å²) < 4.78 is 0. The van der Waals surface area contributed by atoms with Crippen molar-refractivity contribution < 1.29 is 0 Å². The molecular weight excluding hydrogens is 621 g/mol. The fraction of sp³-hybridized carbons (Fsp3) is 0.0213. The average Bonchev–Trinajstić information content (AvgIpc) is 3.20. The first kappa shape index (κ1) is 30.3. The predicted octanol–water partition coefficient (Wildman–Crippen LogP) is 12.0. The molecule has 0 aliphatic rings. The molecule has 4 heteroatoms. The number of hydrogen-bond acceptors (Lipinski definition) is 4. The van der Waals surface area contributed by atoms with Crippen molar-refractivity contribution >= 4 is 38.5 Å². The van der Waals surface area contributed by atoms with Gasteiger partial charge < -0.3 is 0 Å². The molecule has 9 rings (SSSR count). The Kier molecular flexibility index (Phi) is 7.48. The van der Waals surface area contributed by atoms with Crippen LogP contribution < -0.4 is 0 Å². The van der Waals surface area contributed by atoms with Gasteiger partial charge in [0.25, 0.3) is 0 Å². The molecule has 2 aromatic heterocycles. The number of benzene rings is 7. The minimum atomic E-state index is 0.619. The smallest absolute Gasteiger partial charge is 0.164 e. The molecule has 240 valence electrons. The van der Waals surface area contributed by atoms with Gasteiger partial charge in [-0.15, -0.1) is 0 Å². The van der Waals surface area contributed by atoms with Crippen molar-refractivity contribution in [3.05, 3.63) is 175 Å². The molecule has 0 unspecified atom stereocenters. The van der Waals surface area contributed by atoms with Crippen molar-refractivity contribution in [2.75, 3.05) is 0 Å². The highest BCUT2D eigenvalue weighted by Gasteiger charge is 2.19. The first-order valence-electron chi connectivity index (χ1n) is 17.1. The van der Waals surface area contributed by atoms with E-state index in [1.54, 1.807) is 0 Å². The summed E-state index contributed by atoms with van der Waals surface area (Å²) in [6.07, 6.45) is 1.95. The molecule has 0 bridgehead atoms. The van der Waals surface area contributed by atoms with Crippen LogP contribution in [0.2, 0.25) is 0 Å². The van der Waals surface area contributed by atoms with Gasteiger partial charge >= 0.3 is 0 Å². The number of rotatable bonds is 6. The third kappa shape index (κ3) is 5.44. The third-order valence-corrected chi connectivity index (χ3v) is 9.63. The van der Waals surface area contributed by atoms with E-state index >= 15 is 0 Å². The summed E-state index contributed by atoms with van der Waals surface area (Å²) in [5.41, 5.74) is 10.1. The van der Waals surface area contributed by atoms with Gasteiger partial charge in [0.1, 0.15) is 0 Å². The van der Waals surface area contributed by atoms with Crippen LogP contribution in [0, 0.1) is 6.92 Å². The second kappa shape index (κ2) is 12.6. The van der Waals surface area contributed by atoms with Crippen molar-refractivity contribution in [1.82, 2.24) is 19.9 Å². The highest BCUT2D eigenvalue weighted by Crippen LogP contribution is 2.41. The SMILES string of the molecule is C=Cc1c(-c2ccccc2C)nc2c(ccc3ccccc32)c1-c1ccc(-c2nc(-c3ccccc3)nc(-c3ccc4ccccc4c3)n2)cc1. The quantitative estimate of drug-likeness (QED) is 0.168. The summed E-state index contributed by atoms with van der Waals surface area (Å²) >= 11 is 0. The summed E-state index contributed by atoms with van der Waals surface area (Å²) in [4.78, 5) is 20.4. The molecule has 0 atom stereocenters. The number of pyridine rings is 1. The van der Waals surface area contributed by atoms with E-state index in [2.05, 4.69) is 141 Å². The van der Waals surface area contributed by atoms with E-state index in [4.69, 9.17) is 19.9 Å². The second-order valence-corrected chi connectivity index (χ2v) is 12.8. The number of nitrogens with zero attached hydrogens (tertiary/aromatic N) is 4. The van der Waals surface area contributed by atoms with E-state index in [-0.39, 0.29) is 0 Å². The number of aryl methyl sites for hydroxylation is 1. The van der Waals surface area contributed by atoms with Crippen LogP contribution in [0.3, 0.4) is 0 Å². The summed E-state index contributed by atoms with van der Waals surface area (Å²) in [5, 5.41) is 5.68. The van der Waals surface area contributed by atoms with E-state index in [1.165, 1.54) is 10.9 Å². The van der Waals surface area contributed by atoms with Crippen molar-refractivity contribution in [2.24, 2.45) is 0 Å². The molecule has 0 saturated heterocycles. The molecule has 51 heavy (non-hydrogen) atoms. The van der Waals surface area contributed by atoms with Crippen LogP contribution >= 0.6 is 0 Å². The second-order valence-electron chi connectivity index (χ2n) is 12.8. The van der Waals surface area contributed by atoms with Crippen LogP contribution in [0.5, 0.6) is 0 Å². The van der Waals surface area contributed by atoms with Gasteiger partial charge in [-0.25, -0.2) is 19.9 Å². The zero-order valence-electron chi connectivity index (χ0n) is 28.1. The van der Waals surface area contributed by atoms with Crippen LogP contribution in [-0.2, 0) is 0 Å². The Balaban J connectivity index is 1.23. The zero-order chi connectivity index (χ0) is 34.3. The van der Waals surface area contributed by atoms with Gasteiger partial charge in [0.05, 0.1) is 11.2 Å². The topological polar surface area (TPSA) is 51.6 Å².